The average molecular weight is 272 g/mol. The van der Waals surface area contributed by atoms with Crippen LogP contribution in [0.1, 0.15) is 44.1 Å². The molecule has 5 nitrogen and oxygen atoms in total. The van der Waals surface area contributed by atoms with E-state index >= 15 is 0 Å². The van der Waals surface area contributed by atoms with Crippen molar-refractivity contribution in [1.82, 2.24) is 15.1 Å². The molecule has 3 rings (SSSR count). The van der Waals surface area contributed by atoms with E-state index in [4.69, 9.17) is 10.3 Å². The second kappa shape index (κ2) is 4.98. The minimum atomic E-state index is -0.460. The van der Waals surface area contributed by atoms with Gasteiger partial charge in [-0.05, 0) is 50.2 Å². The van der Waals surface area contributed by atoms with Crippen molar-refractivity contribution >= 4 is 0 Å². The van der Waals surface area contributed by atoms with Crippen LogP contribution in [0.3, 0.4) is 0 Å². The third-order valence-electron chi connectivity index (χ3n) is 4.28. The molecule has 0 unspecified atom stereocenters. The summed E-state index contributed by atoms with van der Waals surface area (Å²) in [6.07, 6.45) is 7.58. The molecular weight excluding hydrogens is 252 g/mol. The first kappa shape index (κ1) is 13.2. The maximum atomic E-state index is 6.46. The molecule has 0 saturated heterocycles. The third-order valence-corrected chi connectivity index (χ3v) is 4.28. The van der Waals surface area contributed by atoms with E-state index in [0.717, 1.165) is 42.7 Å². The maximum absolute atomic E-state index is 6.46. The van der Waals surface area contributed by atoms with Gasteiger partial charge in [0.1, 0.15) is 0 Å². The zero-order valence-electron chi connectivity index (χ0n) is 12.0. The third kappa shape index (κ3) is 2.33. The van der Waals surface area contributed by atoms with Crippen LogP contribution in [-0.2, 0) is 5.54 Å². The fourth-order valence-electron chi connectivity index (χ4n) is 2.75. The fourth-order valence-corrected chi connectivity index (χ4v) is 2.75. The maximum Gasteiger partial charge on any atom is 0.247 e. The Labute approximate surface area is 118 Å². The number of rotatable bonds is 2. The molecule has 0 atom stereocenters. The van der Waals surface area contributed by atoms with Crippen molar-refractivity contribution in [2.75, 3.05) is 0 Å². The lowest BCUT2D eigenvalue weighted by atomic mass is 9.78. The lowest BCUT2D eigenvalue weighted by Crippen LogP contribution is -2.40. The lowest BCUT2D eigenvalue weighted by molar-refractivity contribution is 0.190. The van der Waals surface area contributed by atoms with Crippen molar-refractivity contribution in [2.24, 2.45) is 11.7 Å². The van der Waals surface area contributed by atoms with Gasteiger partial charge in [0.05, 0.1) is 5.54 Å². The topological polar surface area (TPSA) is 77.8 Å². The molecule has 20 heavy (non-hydrogen) atoms. The van der Waals surface area contributed by atoms with Gasteiger partial charge in [0.15, 0.2) is 0 Å². The Bertz CT molecular complexity index is 599. The quantitative estimate of drug-likeness (QED) is 0.909. The first-order chi connectivity index (χ1) is 9.58. The second-order valence-corrected chi connectivity index (χ2v) is 5.95. The molecule has 1 saturated carbocycles. The van der Waals surface area contributed by atoms with Crippen molar-refractivity contribution in [3.8, 4) is 11.4 Å². The Morgan fingerprint density at radius 3 is 2.80 bits per heavy atom. The van der Waals surface area contributed by atoms with Gasteiger partial charge in [0.2, 0.25) is 11.7 Å². The van der Waals surface area contributed by atoms with Gasteiger partial charge in [-0.1, -0.05) is 12.1 Å². The van der Waals surface area contributed by atoms with Gasteiger partial charge in [-0.2, -0.15) is 4.98 Å². The molecule has 0 aliphatic heterocycles. The van der Waals surface area contributed by atoms with E-state index in [1.807, 2.05) is 13.0 Å². The molecular formula is C15H20N4O. The lowest BCUT2D eigenvalue weighted by Gasteiger charge is -2.32. The monoisotopic (exact) mass is 272 g/mol. The van der Waals surface area contributed by atoms with Gasteiger partial charge < -0.3 is 10.3 Å². The highest BCUT2D eigenvalue weighted by molar-refractivity contribution is 5.58. The number of pyridine rings is 1. The summed E-state index contributed by atoms with van der Waals surface area (Å²) in [5.74, 6) is 1.90. The Morgan fingerprint density at radius 1 is 1.35 bits per heavy atom. The number of nitrogens with two attached hydrogens (primary N) is 1. The predicted octanol–water partition coefficient (Wildman–Crippen LogP) is 2.80. The Kier molecular flexibility index (Phi) is 3.30. The summed E-state index contributed by atoms with van der Waals surface area (Å²) in [6, 6.07) is 1.90. The molecule has 2 aromatic heterocycles. The standard InChI is InChI=1S/C15H20N4O/c1-10-3-6-15(16,7-4-10)14-18-13(19-20-14)12-5-8-17-9-11(12)2/h5,8-10H,3-4,6-7,16H2,1-2H3. The number of hydrogen-bond acceptors (Lipinski definition) is 5. The van der Waals surface area contributed by atoms with Gasteiger partial charge in [0.25, 0.3) is 0 Å². The predicted molar refractivity (Wildman–Crippen MR) is 75.8 cm³/mol. The highest BCUT2D eigenvalue weighted by Gasteiger charge is 2.37. The smallest absolute Gasteiger partial charge is 0.247 e. The molecule has 0 spiro atoms. The first-order valence-electron chi connectivity index (χ1n) is 7.12. The van der Waals surface area contributed by atoms with Crippen molar-refractivity contribution in [1.29, 1.82) is 0 Å². The zero-order valence-corrected chi connectivity index (χ0v) is 12.0. The van der Waals surface area contributed by atoms with Gasteiger partial charge >= 0.3 is 0 Å². The molecule has 1 aliphatic rings. The van der Waals surface area contributed by atoms with E-state index < -0.39 is 5.54 Å². The number of hydrogen-bond donors (Lipinski definition) is 1. The van der Waals surface area contributed by atoms with Crippen LogP contribution in [-0.4, -0.2) is 15.1 Å². The minimum absolute atomic E-state index is 0.460. The molecule has 5 heteroatoms. The molecule has 1 fully saturated rings. The van der Waals surface area contributed by atoms with Crippen LogP contribution in [0.15, 0.2) is 23.0 Å². The molecule has 2 N–H and O–H groups in total. The normalized spacial score (nSPS) is 26.6. The summed E-state index contributed by atoms with van der Waals surface area (Å²) in [5.41, 5.74) is 7.98. The van der Waals surface area contributed by atoms with Crippen LogP contribution >= 0.6 is 0 Å². The van der Waals surface area contributed by atoms with E-state index in [1.54, 1.807) is 12.4 Å². The van der Waals surface area contributed by atoms with Crippen molar-refractivity contribution < 1.29 is 4.52 Å². The van der Waals surface area contributed by atoms with E-state index in [-0.39, 0.29) is 0 Å². The summed E-state index contributed by atoms with van der Waals surface area (Å²) < 4.78 is 5.45. The SMILES string of the molecule is Cc1cnccc1-c1noc(C2(N)CCC(C)CC2)n1. The summed E-state index contributed by atoms with van der Waals surface area (Å²) in [7, 11) is 0. The number of nitrogens with zero attached hydrogens (tertiary/aromatic N) is 3. The fraction of sp³-hybridized carbons (Fsp3) is 0.533. The second-order valence-electron chi connectivity index (χ2n) is 5.95. The Morgan fingerprint density at radius 2 is 2.10 bits per heavy atom. The van der Waals surface area contributed by atoms with Crippen LogP contribution < -0.4 is 5.73 Å². The molecule has 0 aromatic carbocycles. The molecule has 0 amide bonds. The van der Waals surface area contributed by atoms with E-state index in [2.05, 4.69) is 22.0 Å². The van der Waals surface area contributed by atoms with E-state index in [1.165, 1.54) is 0 Å². The van der Waals surface area contributed by atoms with Crippen molar-refractivity contribution in [2.45, 2.75) is 45.1 Å². The van der Waals surface area contributed by atoms with Gasteiger partial charge in [-0.15, -0.1) is 0 Å². The van der Waals surface area contributed by atoms with Gasteiger partial charge in [-0.25, -0.2) is 0 Å². The average Bonchev–Trinajstić information content (AvgIpc) is 2.93. The van der Waals surface area contributed by atoms with Gasteiger partial charge in [0, 0.05) is 18.0 Å². The van der Waals surface area contributed by atoms with E-state index in [0.29, 0.717) is 11.7 Å². The van der Waals surface area contributed by atoms with Crippen LogP contribution in [0.4, 0.5) is 0 Å². The highest BCUT2D eigenvalue weighted by atomic mass is 16.5. The van der Waals surface area contributed by atoms with Crippen LogP contribution in [0, 0.1) is 12.8 Å². The summed E-state index contributed by atoms with van der Waals surface area (Å²) >= 11 is 0. The minimum Gasteiger partial charge on any atom is -0.337 e. The van der Waals surface area contributed by atoms with Crippen molar-refractivity contribution in [3.63, 3.8) is 0 Å². The van der Waals surface area contributed by atoms with Crippen LogP contribution in [0.2, 0.25) is 0 Å². The molecule has 2 aromatic rings. The molecule has 0 radical (unpaired) electrons. The first-order valence-corrected chi connectivity index (χ1v) is 7.12. The summed E-state index contributed by atoms with van der Waals surface area (Å²) in [4.78, 5) is 8.61. The zero-order chi connectivity index (χ0) is 14.2. The van der Waals surface area contributed by atoms with E-state index in [9.17, 15) is 0 Å². The molecule has 106 valence electrons. The molecule has 1 aliphatic carbocycles. The summed E-state index contributed by atoms with van der Waals surface area (Å²) in [6.45, 7) is 4.25. The van der Waals surface area contributed by atoms with Crippen LogP contribution in [0.25, 0.3) is 11.4 Å². The molecule has 0 bridgehead atoms. The summed E-state index contributed by atoms with van der Waals surface area (Å²) in [5, 5.41) is 4.09. The number of aryl methyl sites for hydroxylation is 1. The largest absolute Gasteiger partial charge is 0.337 e. The molecule has 2 heterocycles. The number of aromatic nitrogens is 3. The highest BCUT2D eigenvalue weighted by Crippen LogP contribution is 2.37. The van der Waals surface area contributed by atoms with Gasteiger partial charge in [-0.3, -0.25) is 4.98 Å². The van der Waals surface area contributed by atoms with Crippen molar-refractivity contribution in [3.05, 3.63) is 29.9 Å². The van der Waals surface area contributed by atoms with Crippen LogP contribution in [0.5, 0.6) is 0 Å². The Hall–Kier alpha value is -1.75. The Balaban J connectivity index is 1.89.